The van der Waals surface area contributed by atoms with E-state index >= 15 is 0 Å². The Hall–Kier alpha value is -1.17. The van der Waals surface area contributed by atoms with Crippen molar-refractivity contribution in [3.8, 4) is 11.6 Å². The minimum absolute atomic E-state index is 0.121. The Kier molecular flexibility index (Phi) is 5.56. The number of aromatic nitrogens is 1. The van der Waals surface area contributed by atoms with E-state index in [1.807, 2.05) is 13.8 Å². The summed E-state index contributed by atoms with van der Waals surface area (Å²) in [6.45, 7) is 4.59. The Morgan fingerprint density at radius 2 is 2.10 bits per heavy atom. The Morgan fingerprint density at radius 1 is 1.33 bits per heavy atom. The lowest BCUT2D eigenvalue weighted by molar-refractivity contribution is 0.424. The first kappa shape index (κ1) is 16.2. The maximum absolute atomic E-state index is 13.7. The number of halogens is 3. The molecule has 0 amide bonds. The summed E-state index contributed by atoms with van der Waals surface area (Å²) in [6, 6.07) is 8.21. The number of ether oxygens (including phenoxy) is 1. The Morgan fingerprint density at radius 3 is 2.76 bits per heavy atom. The first-order valence-electron chi connectivity index (χ1n) is 6.47. The number of nitrogens with zero attached hydrogens (tertiary/aromatic N) is 1. The zero-order chi connectivity index (χ0) is 15.4. The number of pyridine rings is 1. The predicted octanol–water partition coefficient (Wildman–Crippen LogP) is 4.93. The van der Waals surface area contributed by atoms with E-state index in [1.165, 1.54) is 6.07 Å². The van der Waals surface area contributed by atoms with Crippen molar-refractivity contribution in [2.75, 3.05) is 0 Å². The van der Waals surface area contributed by atoms with Crippen LogP contribution < -0.4 is 10.1 Å². The number of benzene rings is 1. The van der Waals surface area contributed by atoms with Crippen molar-refractivity contribution in [1.29, 1.82) is 0 Å². The minimum Gasteiger partial charge on any atom is -0.436 e. The van der Waals surface area contributed by atoms with Crippen LogP contribution in [0.25, 0.3) is 0 Å². The van der Waals surface area contributed by atoms with Crippen LogP contribution >= 0.6 is 27.5 Å². The third-order valence-corrected chi connectivity index (χ3v) is 3.52. The summed E-state index contributed by atoms with van der Waals surface area (Å²) < 4.78 is 19.9. The highest BCUT2D eigenvalue weighted by Crippen LogP contribution is 2.27. The van der Waals surface area contributed by atoms with Crippen LogP contribution in [0, 0.1) is 5.82 Å². The highest BCUT2D eigenvalue weighted by Gasteiger charge is 2.09. The molecule has 6 heteroatoms. The van der Waals surface area contributed by atoms with Crippen molar-refractivity contribution in [3.63, 3.8) is 0 Å². The number of nitrogens with one attached hydrogen (secondary N) is 1. The predicted molar refractivity (Wildman–Crippen MR) is 85.4 cm³/mol. The van der Waals surface area contributed by atoms with Crippen molar-refractivity contribution in [1.82, 2.24) is 10.3 Å². The van der Waals surface area contributed by atoms with Crippen molar-refractivity contribution >= 4 is 27.5 Å². The standard InChI is InChI=1S/C15H15BrClFN2O/c1-9(2)19-8-13-11(17)4-6-15(20-13)21-14-5-3-10(16)7-12(14)18/h3-7,9,19H,8H2,1-2H3. The highest BCUT2D eigenvalue weighted by atomic mass is 79.9. The molecule has 2 rings (SSSR count). The second-order valence-electron chi connectivity index (χ2n) is 4.79. The fourth-order valence-corrected chi connectivity index (χ4v) is 2.12. The van der Waals surface area contributed by atoms with E-state index in [0.29, 0.717) is 33.7 Å². The lowest BCUT2D eigenvalue weighted by atomic mass is 10.3. The van der Waals surface area contributed by atoms with E-state index in [2.05, 4.69) is 26.2 Å². The van der Waals surface area contributed by atoms with Gasteiger partial charge in [-0.1, -0.05) is 41.4 Å². The van der Waals surface area contributed by atoms with Gasteiger partial charge in [0.2, 0.25) is 5.88 Å². The molecule has 0 spiro atoms. The van der Waals surface area contributed by atoms with Crippen LogP contribution in [0.1, 0.15) is 19.5 Å². The summed E-state index contributed by atoms with van der Waals surface area (Å²) in [5.74, 6) is -0.0278. The Balaban J connectivity index is 2.18. The van der Waals surface area contributed by atoms with Gasteiger partial charge in [0.15, 0.2) is 11.6 Å². The summed E-state index contributed by atoms with van der Waals surface area (Å²) >= 11 is 9.30. The summed E-state index contributed by atoms with van der Waals surface area (Å²) in [5.41, 5.74) is 0.667. The van der Waals surface area contributed by atoms with Crippen molar-refractivity contribution in [3.05, 3.63) is 51.3 Å². The first-order valence-corrected chi connectivity index (χ1v) is 7.64. The van der Waals surface area contributed by atoms with E-state index in [4.69, 9.17) is 16.3 Å². The van der Waals surface area contributed by atoms with Gasteiger partial charge in [0, 0.05) is 23.1 Å². The SMILES string of the molecule is CC(C)NCc1nc(Oc2ccc(Br)cc2F)ccc1Cl. The molecule has 3 nitrogen and oxygen atoms in total. The van der Waals surface area contributed by atoms with Crippen LogP contribution in [0.3, 0.4) is 0 Å². The van der Waals surface area contributed by atoms with Crippen molar-refractivity contribution < 1.29 is 9.13 Å². The topological polar surface area (TPSA) is 34.2 Å². The fourth-order valence-electron chi connectivity index (χ4n) is 1.62. The molecule has 0 radical (unpaired) electrons. The molecular weight excluding hydrogens is 359 g/mol. The summed E-state index contributed by atoms with van der Waals surface area (Å²) in [6.07, 6.45) is 0. The second-order valence-corrected chi connectivity index (χ2v) is 6.11. The fraction of sp³-hybridized carbons (Fsp3) is 0.267. The lowest BCUT2D eigenvalue weighted by Gasteiger charge is -2.11. The second kappa shape index (κ2) is 7.20. The van der Waals surface area contributed by atoms with Gasteiger partial charge < -0.3 is 10.1 Å². The molecule has 2 aromatic rings. The molecule has 0 aliphatic heterocycles. The number of hydrogen-bond acceptors (Lipinski definition) is 3. The van der Waals surface area contributed by atoms with Crippen LogP contribution in [0.2, 0.25) is 5.02 Å². The van der Waals surface area contributed by atoms with Gasteiger partial charge in [0.25, 0.3) is 0 Å². The molecule has 0 saturated carbocycles. The summed E-state index contributed by atoms with van der Waals surface area (Å²) in [4.78, 5) is 4.31. The quantitative estimate of drug-likeness (QED) is 0.807. The van der Waals surface area contributed by atoms with Crippen LogP contribution in [0.4, 0.5) is 4.39 Å². The largest absolute Gasteiger partial charge is 0.436 e. The monoisotopic (exact) mass is 372 g/mol. The molecule has 0 saturated heterocycles. The molecule has 0 bridgehead atoms. The smallest absolute Gasteiger partial charge is 0.219 e. The van der Waals surface area contributed by atoms with Crippen molar-refractivity contribution in [2.45, 2.75) is 26.4 Å². The number of hydrogen-bond donors (Lipinski definition) is 1. The average Bonchev–Trinajstić information content (AvgIpc) is 2.42. The van der Waals surface area contributed by atoms with Gasteiger partial charge in [-0.05, 0) is 24.3 Å². The van der Waals surface area contributed by atoms with Gasteiger partial charge >= 0.3 is 0 Å². The molecular formula is C15H15BrClFN2O. The van der Waals surface area contributed by atoms with Crippen molar-refractivity contribution in [2.24, 2.45) is 0 Å². The van der Waals surface area contributed by atoms with Gasteiger partial charge in [0.05, 0.1) is 10.7 Å². The van der Waals surface area contributed by atoms with Crippen LogP contribution in [0.15, 0.2) is 34.8 Å². The molecule has 0 unspecified atom stereocenters. The molecule has 0 atom stereocenters. The molecule has 112 valence electrons. The van der Waals surface area contributed by atoms with E-state index < -0.39 is 5.82 Å². The van der Waals surface area contributed by atoms with E-state index in [1.54, 1.807) is 24.3 Å². The molecule has 1 heterocycles. The first-order chi connectivity index (χ1) is 9.95. The van der Waals surface area contributed by atoms with E-state index in [-0.39, 0.29) is 5.75 Å². The molecule has 21 heavy (non-hydrogen) atoms. The highest BCUT2D eigenvalue weighted by molar-refractivity contribution is 9.10. The van der Waals surface area contributed by atoms with Crippen LogP contribution in [-0.4, -0.2) is 11.0 Å². The van der Waals surface area contributed by atoms with Gasteiger partial charge in [0.1, 0.15) is 0 Å². The third kappa shape index (κ3) is 4.66. The van der Waals surface area contributed by atoms with Gasteiger partial charge in [-0.15, -0.1) is 0 Å². The zero-order valence-corrected chi connectivity index (χ0v) is 14.0. The molecule has 1 aromatic carbocycles. The lowest BCUT2D eigenvalue weighted by Crippen LogP contribution is -2.22. The van der Waals surface area contributed by atoms with Crippen LogP contribution in [-0.2, 0) is 6.54 Å². The molecule has 1 N–H and O–H groups in total. The summed E-state index contributed by atoms with van der Waals surface area (Å²) in [5, 5.41) is 3.78. The number of rotatable bonds is 5. The maximum Gasteiger partial charge on any atom is 0.219 e. The minimum atomic E-state index is -0.456. The van der Waals surface area contributed by atoms with E-state index in [9.17, 15) is 4.39 Å². The van der Waals surface area contributed by atoms with E-state index in [0.717, 1.165) is 0 Å². The molecule has 1 aromatic heterocycles. The van der Waals surface area contributed by atoms with Crippen LogP contribution in [0.5, 0.6) is 11.6 Å². The van der Waals surface area contributed by atoms with Gasteiger partial charge in [-0.25, -0.2) is 9.37 Å². The zero-order valence-electron chi connectivity index (χ0n) is 11.7. The molecule has 0 aliphatic carbocycles. The average molecular weight is 374 g/mol. The molecule has 0 aliphatic rings. The summed E-state index contributed by atoms with van der Waals surface area (Å²) in [7, 11) is 0. The van der Waals surface area contributed by atoms with Gasteiger partial charge in [-0.3, -0.25) is 0 Å². The Labute approximate surface area is 136 Å². The normalized spacial score (nSPS) is 11.0. The Bertz CT molecular complexity index is 637. The molecule has 0 fully saturated rings. The third-order valence-electron chi connectivity index (χ3n) is 2.68. The van der Waals surface area contributed by atoms with Gasteiger partial charge in [-0.2, -0.15) is 0 Å². The maximum atomic E-state index is 13.7.